The van der Waals surface area contributed by atoms with Gasteiger partial charge in [-0.15, -0.1) is 11.7 Å². The predicted molar refractivity (Wildman–Crippen MR) is 26.6 cm³/mol. The number of hydrogen-bond donors (Lipinski definition) is 1. The topological polar surface area (TPSA) is 0 Å². The summed E-state index contributed by atoms with van der Waals surface area (Å²) in [4.78, 5) is 0. The first kappa shape index (κ1) is 4.70. The fraction of sp³-hybridized carbons (Fsp3) is 0.500. The van der Waals surface area contributed by atoms with E-state index in [2.05, 4.69) is 11.7 Å². The highest BCUT2D eigenvalue weighted by atomic mass is 33.1. The van der Waals surface area contributed by atoms with Crippen LogP contribution >= 0.6 is 22.5 Å². The molecule has 0 saturated heterocycles. The maximum absolute atomic E-state index is 3.78. The molecule has 0 rings (SSSR count). The molecule has 0 aliphatic carbocycles. The van der Waals surface area contributed by atoms with Crippen LogP contribution in [0.25, 0.3) is 0 Å². The van der Waals surface area contributed by atoms with Gasteiger partial charge in [0.15, 0.2) is 0 Å². The van der Waals surface area contributed by atoms with Crippen molar-refractivity contribution < 1.29 is 0 Å². The number of thiol groups is 1. The molecule has 0 heterocycles. The highest BCUT2D eigenvalue weighted by Crippen LogP contribution is 2.05. The minimum atomic E-state index is 1.43. The molecule has 2 heteroatoms. The Labute approximate surface area is 35.8 Å². The second-order valence-electron chi connectivity index (χ2n) is 0.341. The monoisotopic (exact) mass is 93.0 g/mol. The summed E-state index contributed by atoms with van der Waals surface area (Å²) in [5.74, 6) is 1.91. The third kappa shape index (κ3) is 2.70. The molecule has 0 nitrogen and oxygen atoms in total. The summed E-state index contributed by atoms with van der Waals surface area (Å²) in [6, 6.07) is 0. The van der Waals surface area contributed by atoms with Crippen molar-refractivity contribution in [1.29, 1.82) is 0 Å². The quantitative estimate of drug-likeness (QED) is 0.380. The Morgan fingerprint density at radius 3 is 2.25 bits per heavy atom. The van der Waals surface area contributed by atoms with Gasteiger partial charge in [-0.3, -0.25) is 0 Å². The van der Waals surface area contributed by atoms with Crippen LogP contribution in [0.5, 0.6) is 0 Å². The van der Waals surface area contributed by atoms with Crippen molar-refractivity contribution in [3.63, 3.8) is 0 Å². The van der Waals surface area contributed by atoms with Gasteiger partial charge in [0, 0.05) is 5.75 Å². The fourth-order valence-electron chi connectivity index (χ4n) is 0. The van der Waals surface area contributed by atoms with E-state index in [1.165, 1.54) is 10.8 Å². The fourth-order valence-corrected chi connectivity index (χ4v) is 0. The van der Waals surface area contributed by atoms with E-state index in [4.69, 9.17) is 0 Å². The smallest absolute Gasteiger partial charge is 0.0245 e. The van der Waals surface area contributed by atoms with E-state index in [0.29, 0.717) is 0 Å². The Bertz CT molecular complexity index is 6.00. The lowest BCUT2D eigenvalue weighted by Gasteiger charge is -1.67. The molecule has 0 bridgehead atoms. The maximum atomic E-state index is 3.78. The third-order valence-corrected chi connectivity index (χ3v) is 0.949. The van der Waals surface area contributed by atoms with E-state index in [0.717, 1.165) is 0 Å². The lowest BCUT2D eigenvalue weighted by atomic mass is 11.0. The van der Waals surface area contributed by atoms with Gasteiger partial charge in [0.05, 0.1) is 0 Å². The van der Waals surface area contributed by atoms with Crippen LogP contribution in [0.15, 0.2) is 0 Å². The average Bonchev–Trinajstić information content (AvgIpc) is 1.37. The van der Waals surface area contributed by atoms with Crippen LogP contribution in [0.2, 0.25) is 0 Å². The first-order valence-electron chi connectivity index (χ1n) is 0.996. The standard InChI is InChI=1S/C2H5S2/c1-2-4-3/h2-3H,1H3. The van der Waals surface area contributed by atoms with E-state index < -0.39 is 0 Å². The van der Waals surface area contributed by atoms with Crippen molar-refractivity contribution in [2.24, 2.45) is 0 Å². The van der Waals surface area contributed by atoms with Gasteiger partial charge in [0.1, 0.15) is 0 Å². The van der Waals surface area contributed by atoms with E-state index in [9.17, 15) is 0 Å². The minimum absolute atomic E-state index is 1.43. The van der Waals surface area contributed by atoms with E-state index in [1.807, 2.05) is 12.7 Å². The molecule has 0 aromatic heterocycles. The summed E-state index contributed by atoms with van der Waals surface area (Å²) in [5.41, 5.74) is 0. The zero-order chi connectivity index (χ0) is 3.41. The van der Waals surface area contributed by atoms with Crippen LogP contribution in [0.1, 0.15) is 6.92 Å². The van der Waals surface area contributed by atoms with Crippen molar-refractivity contribution in [1.82, 2.24) is 0 Å². The van der Waals surface area contributed by atoms with Gasteiger partial charge in [0.2, 0.25) is 0 Å². The van der Waals surface area contributed by atoms with Crippen LogP contribution < -0.4 is 0 Å². The highest BCUT2D eigenvalue weighted by Gasteiger charge is 1.57. The van der Waals surface area contributed by atoms with Gasteiger partial charge in [-0.1, -0.05) is 17.7 Å². The molecule has 4 heavy (non-hydrogen) atoms. The SMILES string of the molecule is C[CH]SS. The third-order valence-electron chi connectivity index (χ3n) is 0.105. The van der Waals surface area contributed by atoms with Crippen molar-refractivity contribution in [3.8, 4) is 0 Å². The summed E-state index contributed by atoms with van der Waals surface area (Å²) < 4.78 is 0. The molecule has 0 unspecified atom stereocenters. The lowest BCUT2D eigenvalue weighted by molar-refractivity contribution is 1.75. The largest absolute Gasteiger partial charge is 0.111 e. The first-order chi connectivity index (χ1) is 1.91. The molecule has 0 amide bonds. The van der Waals surface area contributed by atoms with Gasteiger partial charge >= 0.3 is 0 Å². The molecule has 0 fully saturated rings. The zero-order valence-corrected chi connectivity index (χ0v) is 4.14. The first-order valence-corrected chi connectivity index (χ1v) is 2.93. The Balaban J connectivity index is 1.97. The second kappa shape index (κ2) is 3.70. The molecule has 0 aromatic rings. The minimum Gasteiger partial charge on any atom is -0.111 e. The van der Waals surface area contributed by atoms with Crippen molar-refractivity contribution >= 4 is 22.5 Å². The molecule has 0 N–H and O–H groups in total. The Kier molecular flexibility index (Phi) is 4.35. The molecule has 1 radical (unpaired) electrons. The number of hydrogen-bond acceptors (Lipinski definition) is 2. The van der Waals surface area contributed by atoms with E-state index in [-0.39, 0.29) is 0 Å². The predicted octanol–water partition coefficient (Wildman–Crippen LogP) is 1.75. The molecule has 0 aliphatic rings. The van der Waals surface area contributed by atoms with E-state index >= 15 is 0 Å². The summed E-state index contributed by atoms with van der Waals surface area (Å²) in [6.07, 6.45) is 0. The molecule has 0 aromatic carbocycles. The highest BCUT2D eigenvalue weighted by molar-refractivity contribution is 8.69. The molecule has 0 aliphatic heterocycles. The molecule has 0 saturated carbocycles. The average molecular weight is 93.2 g/mol. The van der Waals surface area contributed by atoms with Crippen LogP contribution in [-0.4, -0.2) is 0 Å². The van der Waals surface area contributed by atoms with Gasteiger partial charge in [0.25, 0.3) is 0 Å². The second-order valence-corrected chi connectivity index (χ2v) is 1.66. The van der Waals surface area contributed by atoms with Gasteiger partial charge < -0.3 is 0 Å². The van der Waals surface area contributed by atoms with Crippen LogP contribution in [0, 0.1) is 5.75 Å². The van der Waals surface area contributed by atoms with Gasteiger partial charge in [-0.05, 0) is 0 Å². The van der Waals surface area contributed by atoms with Crippen molar-refractivity contribution in [3.05, 3.63) is 5.75 Å². The molecule has 0 atom stereocenters. The van der Waals surface area contributed by atoms with Gasteiger partial charge in [-0.2, -0.15) is 0 Å². The van der Waals surface area contributed by atoms with Crippen LogP contribution in [0.4, 0.5) is 0 Å². The Morgan fingerprint density at radius 2 is 2.25 bits per heavy atom. The number of rotatable bonds is 1. The van der Waals surface area contributed by atoms with Gasteiger partial charge in [-0.25, -0.2) is 0 Å². The molecule has 25 valence electrons. The van der Waals surface area contributed by atoms with E-state index in [1.54, 1.807) is 0 Å². The van der Waals surface area contributed by atoms with Crippen molar-refractivity contribution in [2.75, 3.05) is 0 Å². The summed E-state index contributed by atoms with van der Waals surface area (Å²) in [5, 5.41) is 0. The Hall–Kier alpha value is 0.700. The molecular formula is C2H5S2. The van der Waals surface area contributed by atoms with Crippen LogP contribution in [-0.2, 0) is 0 Å². The molecular weight excluding hydrogens is 88.2 g/mol. The summed E-state index contributed by atoms with van der Waals surface area (Å²) >= 11 is 3.78. The summed E-state index contributed by atoms with van der Waals surface area (Å²) in [7, 11) is 1.43. The normalized spacial score (nSPS) is 7.50. The van der Waals surface area contributed by atoms with Crippen molar-refractivity contribution in [2.45, 2.75) is 6.92 Å². The maximum Gasteiger partial charge on any atom is 0.0245 e. The summed E-state index contributed by atoms with van der Waals surface area (Å²) in [6.45, 7) is 1.94. The Morgan fingerprint density at radius 1 is 2.00 bits per heavy atom. The zero-order valence-electron chi connectivity index (χ0n) is 2.43. The molecule has 0 spiro atoms. The van der Waals surface area contributed by atoms with Crippen LogP contribution in [0.3, 0.4) is 0 Å². The lowest BCUT2D eigenvalue weighted by Crippen LogP contribution is -1.30.